The molecule has 0 aromatic carbocycles. The highest BCUT2D eigenvalue weighted by atomic mass is 16.4. The molecular weight excluding hydrogens is 314 g/mol. The summed E-state index contributed by atoms with van der Waals surface area (Å²) >= 11 is 0. The third kappa shape index (κ3) is 3.65. The van der Waals surface area contributed by atoms with Gasteiger partial charge in [0.1, 0.15) is 5.82 Å². The first-order valence-corrected chi connectivity index (χ1v) is 8.83. The number of carboxylic acids is 1. The molecule has 2 aromatic rings. The summed E-state index contributed by atoms with van der Waals surface area (Å²) in [5.74, 6) is 0.718. The largest absolute Gasteiger partial charge is 0.478 e. The Bertz CT molecular complexity index is 766. The molecule has 5 heteroatoms. The van der Waals surface area contributed by atoms with E-state index in [4.69, 9.17) is 0 Å². The molecule has 3 heterocycles. The van der Waals surface area contributed by atoms with E-state index in [0.717, 1.165) is 55.0 Å². The topological polar surface area (TPSA) is 66.3 Å². The number of anilines is 1. The van der Waals surface area contributed by atoms with Crippen LogP contribution in [0.4, 0.5) is 5.82 Å². The van der Waals surface area contributed by atoms with Gasteiger partial charge in [-0.15, -0.1) is 0 Å². The van der Waals surface area contributed by atoms with Crippen LogP contribution in [0.2, 0.25) is 0 Å². The first-order valence-electron chi connectivity index (χ1n) is 8.83. The van der Waals surface area contributed by atoms with Crippen molar-refractivity contribution in [2.75, 3.05) is 18.0 Å². The minimum absolute atomic E-state index is 0.367. The summed E-state index contributed by atoms with van der Waals surface area (Å²) in [4.78, 5) is 22.8. The van der Waals surface area contributed by atoms with Gasteiger partial charge in [-0.3, -0.25) is 4.98 Å². The number of pyridine rings is 2. The van der Waals surface area contributed by atoms with E-state index in [9.17, 15) is 9.90 Å². The predicted octanol–water partition coefficient (Wildman–Crippen LogP) is 3.56. The standard InChI is InChI=1S/C20H25N3O2/c1-13-17(14(2)22-15(3)19(13)20(24)25)12-16-7-10-23(11-8-16)18-6-4-5-9-21-18/h4-6,9,16H,7-8,10-12H2,1-3H3,(H,24,25). The molecule has 0 amide bonds. The van der Waals surface area contributed by atoms with Crippen molar-refractivity contribution in [3.63, 3.8) is 0 Å². The molecule has 0 atom stereocenters. The van der Waals surface area contributed by atoms with Gasteiger partial charge in [0.25, 0.3) is 0 Å². The number of aromatic carboxylic acids is 1. The number of nitrogens with zero attached hydrogens (tertiary/aromatic N) is 3. The van der Waals surface area contributed by atoms with Gasteiger partial charge in [-0.25, -0.2) is 9.78 Å². The average Bonchev–Trinajstić information content (AvgIpc) is 2.59. The maximum atomic E-state index is 11.5. The van der Waals surface area contributed by atoms with Crippen LogP contribution in [0.5, 0.6) is 0 Å². The highest BCUT2D eigenvalue weighted by Gasteiger charge is 2.24. The third-order valence-corrected chi connectivity index (χ3v) is 5.26. The summed E-state index contributed by atoms with van der Waals surface area (Å²) in [5, 5.41) is 9.47. The van der Waals surface area contributed by atoms with Crippen molar-refractivity contribution in [1.82, 2.24) is 9.97 Å². The van der Waals surface area contributed by atoms with Crippen LogP contribution >= 0.6 is 0 Å². The summed E-state index contributed by atoms with van der Waals surface area (Å²) in [5.41, 5.74) is 3.93. The zero-order valence-corrected chi connectivity index (χ0v) is 15.1. The number of hydrogen-bond donors (Lipinski definition) is 1. The maximum Gasteiger partial charge on any atom is 0.337 e. The molecule has 0 bridgehead atoms. The van der Waals surface area contributed by atoms with Gasteiger partial charge >= 0.3 is 5.97 Å². The summed E-state index contributed by atoms with van der Waals surface area (Å²) < 4.78 is 0. The summed E-state index contributed by atoms with van der Waals surface area (Å²) in [7, 11) is 0. The van der Waals surface area contributed by atoms with E-state index in [1.807, 2.05) is 32.2 Å². The minimum atomic E-state index is -0.881. The maximum absolute atomic E-state index is 11.5. The normalized spacial score (nSPS) is 15.4. The van der Waals surface area contributed by atoms with Crippen LogP contribution in [0.25, 0.3) is 0 Å². The number of rotatable bonds is 4. The van der Waals surface area contributed by atoms with Crippen molar-refractivity contribution in [1.29, 1.82) is 0 Å². The molecule has 1 saturated heterocycles. The monoisotopic (exact) mass is 339 g/mol. The van der Waals surface area contributed by atoms with Crippen molar-refractivity contribution >= 4 is 11.8 Å². The van der Waals surface area contributed by atoms with Crippen LogP contribution in [0.3, 0.4) is 0 Å². The molecular formula is C20H25N3O2. The Hall–Kier alpha value is -2.43. The second-order valence-corrected chi connectivity index (χ2v) is 6.89. The molecule has 132 valence electrons. The third-order valence-electron chi connectivity index (χ3n) is 5.26. The van der Waals surface area contributed by atoms with Gasteiger partial charge in [0.15, 0.2) is 0 Å². The Kier molecular flexibility index (Phi) is 5.02. The second-order valence-electron chi connectivity index (χ2n) is 6.89. The molecule has 25 heavy (non-hydrogen) atoms. The van der Waals surface area contributed by atoms with E-state index < -0.39 is 5.97 Å². The van der Waals surface area contributed by atoms with E-state index in [-0.39, 0.29) is 0 Å². The van der Waals surface area contributed by atoms with E-state index in [1.54, 1.807) is 6.92 Å². The fourth-order valence-electron chi connectivity index (χ4n) is 3.88. The first kappa shape index (κ1) is 17.4. The average molecular weight is 339 g/mol. The number of aromatic nitrogens is 2. The van der Waals surface area contributed by atoms with E-state index in [0.29, 0.717) is 17.2 Å². The predicted molar refractivity (Wildman–Crippen MR) is 98.3 cm³/mol. The van der Waals surface area contributed by atoms with E-state index in [2.05, 4.69) is 20.9 Å². The second kappa shape index (κ2) is 7.21. The molecule has 2 aromatic heterocycles. The van der Waals surface area contributed by atoms with Gasteiger partial charge in [0.05, 0.1) is 11.3 Å². The number of piperidine rings is 1. The molecule has 1 aliphatic heterocycles. The number of hydrogen-bond acceptors (Lipinski definition) is 4. The minimum Gasteiger partial charge on any atom is -0.478 e. The van der Waals surface area contributed by atoms with Gasteiger partial charge in [0.2, 0.25) is 0 Å². The SMILES string of the molecule is Cc1nc(C)c(C(=O)O)c(C)c1CC1CCN(c2ccccn2)CC1. The molecule has 5 nitrogen and oxygen atoms in total. The van der Waals surface area contributed by atoms with Crippen molar-refractivity contribution in [3.05, 3.63) is 52.5 Å². The first-order chi connectivity index (χ1) is 12.0. The van der Waals surface area contributed by atoms with Crippen LogP contribution in [-0.4, -0.2) is 34.1 Å². The Morgan fingerprint density at radius 3 is 2.52 bits per heavy atom. The fourth-order valence-corrected chi connectivity index (χ4v) is 3.88. The van der Waals surface area contributed by atoms with Crippen molar-refractivity contribution in [2.24, 2.45) is 5.92 Å². The molecule has 0 saturated carbocycles. The van der Waals surface area contributed by atoms with E-state index >= 15 is 0 Å². The molecule has 1 aliphatic rings. The van der Waals surface area contributed by atoms with Crippen molar-refractivity contribution < 1.29 is 9.90 Å². The molecule has 0 radical (unpaired) electrons. The summed E-state index contributed by atoms with van der Waals surface area (Å²) in [6, 6.07) is 6.01. The van der Waals surface area contributed by atoms with Crippen LogP contribution in [0.1, 0.15) is 45.7 Å². The molecule has 3 rings (SSSR count). The highest BCUT2D eigenvalue weighted by Crippen LogP contribution is 2.28. The van der Waals surface area contributed by atoms with Crippen LogP contribution in [0.15, 0.2) is 24.4 Å². The lowest BCUT2D eigenvalue weighted by atomic mass is 9.86. The molecule has 0 spiro atoms. The lowest BCUT2D eigenvalue weighted by Gasteiger charge is -2.33. The summed E-state index contributed by atoms with van der Waals surface area (Å²) in [6.07, 6.45) is 4.91. The van der Waals surface area contributed by atoms with Gasteiger partial charge in [-0.2, -0.15) is 0 Å². The molecule has 0 unspecified atom stereocenters. The lowest BCUT2D eigenvalue weighted by molar-refractivity contribution is 0.0694. The number of carbonyl (C=O) groups is 1. The van der Waals surface area contributed by atoms with Crippen LogP contribution < -0.4 is 4.90 Å². The lowest BCUT2D eigenvalue weighted by Crippen LogP contribution is -2.35. The Morgan fingerprint density at radius 1 is 1.20 bits per heavy atom. The zero-order valence-electron chi connectivity index (χ0n) is 15.1. The molecule has 1 fully saturated rings. The van der Waals surface area contributed by atoms with Crippen molar-refractivity contribution in [2.45, 2.75) is 40.0 Å². The van der Waals surface area contributed by atoms with E-state index in [1.165, 1.54) is 0 Å². The molecule has 0 aliphatic carbocycles. The Balaban J connectivity index is 1.72. The quantitative estimate of drug-likeness (QED) is 0.922. The van der Waals surface area contributed by atoms with Crippen molar-refractivity contribution in [3.8, 4) is 0 Å². The number of aryl methyl sites for hydroxylation is 2. The molecule has 1 N–H and O–H groups in total. The highest BCUT2D eigenvalue weighted by molar-refractivity contribution is 5.91. The zero-order chi connectivity index (χ0) is 18.0. The van der Waals surface area contributed by atoms with Gasteiger partial charge in [-0.05, 0) is 69.2 Å². The smallest absolute Gasteiger partial charge is 0.337 e. The fraction of sp³-hybridized carbons (Fsp3) is 0.450. The van der Waals surface area contributed by atoms with Crippen LogP contribution in [0, 0.1) is 26.7 Å². The Labute approximate surface area is 148 Å². The van der Waals surface area contributed by atoms with Gasteiger partial charge < -0.3 is 10.0 Å². The number of carboxylic acid groups (broad SMARTS) is 1. The Morgan fingerprint density at radius 2 is 1.92 bits per heavy atom. The van der Waals surface area contributed by atoms with Gasteiger partial charge in [0, 0.05) is 25.0 Å². The summed E-state index contributed by atoms with van der Waals surface area (Å²) in [6.45, 7) is 7.67. The van der Waals surface area contributed by atoms with Crippen LogP contribution in [-0.2, 0) is 6.42 Å². The van der Waals surface area contributed by atoms with Gasteiger partial charge in [-0.1, -0.05) is 6.07 Å².